The van der Waals surface area contributed by atoms with E-state index in [1.54, 1.807) is 0 Å². The number of rotatable bonds is 6. The van der Waals surface area contributed by atoms with Crippen molar-refractivity contribution in [2.24, 2.45) is 0 Å². The summed E-state index contributed by atoms with van der Waals surface area (Å²) in [7, 11) is 0. The van der Waals surface area contributed by atoms with Gasteiger partial charge in [-0.2, -0.15) is 0 Å². The van der Waals surface area contributed by atoms with E-state index in [0.29, 0.717) is 17.7 Å². The van der Waals surface area contributed by atoms with Gasteiger partial charge < -0.3 is 4.57 Å². The second-order valence-corrected chi connectivity index (χ2v) is 9.35. The second kappa shape index (κ2) is 9.40. The molecule has 0 saturated carbocycles. The van der Waals surface area contributed by atoms with E-state index in [1.807, 2.05) is 104 Å². The molecule has 0 bridgehead atoms. The number of hydrogen-bond acceptors (Lipinski definition) is 2. The molecule has 4 aromatic carbocycles. The van der Waals surface area contributed by atoms with E-state index < -0.39 is 0 Å². The zero-order valence-corrected chi connectivity index (χ0v) is 20.6. The summed E-state index contributed by atoms with van der Waals surface area (Å²) in [5.41, 5.74) is 6.64. The molecule has 0 unspecified atom stereocenters. The van der Waals surface area contributed by atoms with Crippen molar-refractivity contribution in [2.45, 2.75) is 20.0 Å². The van der Waals surface area contributed by atoms with E-state index in [1.165, 1.54) is 10.5 Å². The van der Waals surface area contributed by atoms with Crippen molar-refractivity contribution >= 4 is 33.9 Å². The molecule has 1 aromatic heterocycles. The Morgan fingerprint density at radius 1 is 0.568 bits per heavy atom. The molecule has 5 aromatic rings. The number of nitrogens with zero attached hydrogens (tertiary/aromatic N) is 2. The Hall–Kier alpha value is -4.70. The van der Waals surface area contributed by atoms with Crippen LogP contribution in [-0.4, -0.2) is 21.3 Å². The first-order valence-corrected chi connectivity index (χ1v) is 12.5. The molecule has 180 valence electrons. The zero-order chi connectivity index (χ0) is 25.4. The Balaban J connectivity index is 1.56. The number of amides is 2. The molecule has 2 heterocycles. The first kappa shape index (κ1) is 22.7. The fraction of sp³-hybridized carbons (Fsp3) is 0.0909. The lowest BCUT2D eigenvalue weighted by atomic mass is 9.94. The molecule has 6 rings (SSSR count). The molecular weight excluding hydrogens is 456 g/mol. The number of para-hydroxylation sites is 1. The summed E-state index contributed by atoms with van der Waals surface area (Å²) in [6.45, 7) is 2.96. The smallest absolute Gasteiger partial charge is 0.262 e. The standard InChI is InChI=1S/C33H26N2O2/c1-23-29(27-19-11-12-20-28(27)34(23)21-24-13-5-2-6-14-24)31-30(26-17-9-4-10-18-26)32(36)35(33(31)37)22-25-15-7-3-8-16-25/h2-20H,21-22H2,1H3. The minimum Gasteiger partial charge on any atom is -0.340 e. The Kier molecular flexibility index (Phi) is 5.78. The molecule has 2 amide bonds. The van der Waals surface area contributed by atoms with E-state index in [-0.39, 0.29) is 18.4 Å². The van der Waals surface area contributed by atoms with E-state index in [9.17, 15) is 9.59 Å². The van der Waals surface area contributed by atoms with Crippen LogP contribution in [0.25, 0.3) is 22.0 Å². The van der Waals surface area contributed by atoms with Crippen molar-refractivity contribution in [3.63, 3.8) is 0 Å². The molecule has 0 N–H and O–H groups in total. The highest BCUT2D eigenvalue weighted by molar-refractivity contribution is 6.50. The number of hydrogen-bond donors (Lipinski definition) is 0. The summed E-state index contributed by atoms with van der Waals surface area (Å²) in [4.78, 5) is 29.4. The quantitative estimate of drug-likeness (QED) is 0.260. The van der Waals surface area contributed by atoms with Crippen molar-refractivity contribution in [3.8, 4) is 0 Å². The summed E-state index contributed by atoms with van der Waals surface area (Å²) in [6.07, 6.45) is 0. The molecule has 0 aliphatic carbocycles. The molecule has 4 heteroatoms. The maximum Gasteiger partial charge on any atom is 0.262 e. The zero-order valence-electron chi connectivity index (χ0n) is 20.6. The average molecular weight is 483 g/mol. The van der Waals surface area contributed by atoms with Gasteiger partial charge in [-0.3, -0.25) is 14.5 Å². The lowest BCUT2D eigenvalue weighted by Crippen LogP contribution is -2.31. The minimum absolute atomic E-state index is 0.236. The molecule has 0 spiro atoms. The predicted octanol–water partition coefficient (Wildman–Crippen LogP) is 6.48. The summed E-state index contributed by atoms with van der Waals surface area (Å²) in [5, 5.41) is 0.974. The molecule has 0 radical (unpaired) electrons. The van der Waals surface area contributed by atoms with E-state index in [0.717, 1.165) is 33.3 Å². The second-order valence-electron chi connectivity index (χ2n) is 9.35. The fourth-order valence-electron chi connectivity index (χ4n) is 5.31. The Morgan fingerprint density at radius 2 is 1.08 bits per heavy atom. The van der Waals surface area contributed by atoms with Gasteiger partial charge in [-0.15, -0.1) is 0 Å². The fourth-order valence-corrected chi connectivity index (χ4v) is 5.31. The molecule has 0 fully saturated rings. The van der Waals surface area contributed by atoms with Gasteiger partial charge in [-0.25, -0.2) is 0 Å². The number of benzene rings is 4. The van der Waals surface area contributed by atoms with Crippen molar-refractivity contribution in [1.29, 1.82) is 0 Å². The van der Waals surface area contributed by atoms with Crippen LogP contribution in [0.5, 0.6) is 0 Å². The summed E-state index contributed by atoms with van der Waals surface area (Å²) >= 11 is 0. The molecule has 1 aliphatic rings. The van der Waals surface area contributed by atoms with Crippen LogP contribution < -0.4 is 0 Å². The highest BCUT2D eigenvalue weighted by atomic mass is 16.2. The number of fused-ring (bicyclic) bond motifs is 1. The van der Waals surface area contributed by atoms with Gasteiger partial charge in [0.15, 0.2) is 0 Å². The van der Waals surface area contributed by atoms with Crippen LogP contribution in [0.2, 0.25) is 0 Å². The predicted molar refractivity (Wildman–Crippen MR) is 147 cm³/mol. The number of carbonyl (C=O) groups excluding carboxylic acids is 2. The molecular formula is C33H26N2O2. The molecule has 0 atom stereocenters. The van der Waals surface area contributed by atoms with Crippen molar-refractivity contribution in [2.75, 3.05) is 0 Å². The van der Waals surface area contributed by atoms with Gasteiger partial charge in [0.1, 0.15) is 0 Å². The lowest BCUT2D eigenvalue weighted by Gasteiger charge is -2.15. The lowest BCUT2D eigenvalue weighted by molar-refractivity contribution is -0.136. The topological polar surface area (TPSA) is 42.3 Å². The normalized spacial score (nSPS) is 13.7. The average Bonchev–Trinajstić information content (AvgIpc) is 3.35. The molecule has 0 saturated heterocycles. The van der Waals surface area contributed by atoms with Crippen molar-refractivity contribution < 1.29 is 9.59 Å². The third-order valence-corrected chi connectivity index (χ3v) is 7.08. The summed E-state index contributed by atoms with van der Waals surface area (Å²) < 4.78 is 2.24. The van der Waals surface area contributed by atoms with Crippen LogP contribution in [0.15, 0.2) is 115 Å². The van der Waals surface area contributed by atoms with Crippen LogP contribution in [0.3, 0.4) is 0 Å². The first-order chi connectivity index (χ1) is 18.1. The van der Waals surface area contributed by atoms with Crippen LogP contribution in [0.4, 0.5) is 0 Å². The van der Waals surface area contributed by atoms with Gasteiger partial charge in [0.25, 0.3) is 11.8 Å². The number of imide groups is 1. The Bertz CT molecular complexity index is 1650. The maximum atomic E-state index is 14.1. The molecule has 1 aliphatic heterocycles. The minimum atomic E-state index is -0.255. The monoisotopic (exact) mass is 482 g/mol. The largest absolute Gasteiger partial charge is 0.340 e. The van der Waals surface area contributed by atoms with Crippen LogP contribution in [0, 0.1) is 6.92 Å². The summed E-state index contributed by atoms with van der Waals surface area (Å²) in [6, 6.07) is 37.6. The van der Waals surface area contributed by atoms with Gasteiger partial charge in [0.05, 0.1) is 17.7 Å². The van der Waals surface area contributed by atoms with Gasteiger partial charge >= 0.3 is 0 Å². The first-order valence-electron chi connectivity index (χ1n) is 12.5. The number of aromatic nitrogens is 1. The molecule has 37 heavy (non-hydrogen) atoms. The van der Waals surface area contributed by atoms with Gasteiger partial charge in [0, 0.05) is 28.7 Å². The van der Waals surface area contributed by atoms with Gasteiger partial charge in [0.2, 0.25) is 0 Å². The van der Waals surface area contributed by atoms with Crippen molar-refractivity contribution in [1.82, 2.24) is 9.47 Å². The summed E-state index contributed by atoms with van der Waals surface area (Å²) in [5.74, 6) is -0.507. The van der Waals surface area contributed by atoms with Crippen LogP contribution in [-0.2, 0) is 22.7 Å². The maximum absolute atomic E-state index is 14.1. The van der Waals surface area contributed by atoms with Crippen LogP contribution >= 0.6 is 0 Å². The Morgan fingerprint density at radius 3 is 1.73 bits per heavy atom. The SMILES string of the molecule is Cc1c(C2=C(c3ccccc3)C(=O)N(Cc3ccccc3)C2=O)c2ccccc2n1Cc1ccccc1. The third-order valence-electron chi connectivity index (χ3n) is 7.08. The van der Waals surface area contributed by atoms with Crippen LogP contribution in [0.1, 0.15) is 27.9 Å². The van der Waals surface area contributed by atoms with Gasteiger partial charge in [-0.05, 0) is 29.7 Å². The highest BCUT2D eigenvalue weighted by Gasteiger charge is 2.41. The van der Waals surface area contributed by atoms with Gasteiger partial charge in [-0.1, -0.05) is 109 Å². The molecule has 4 nitrogen and oxygen atoms in total. The number of carbonyl (C=O) groups is 2. The Labute approximate surface area is 216 Å². The van der Waals surface area contributed by atoms with E-state index >= 15 is 0 Å². The highest BCUT2D eigenvalue weighted by Crippen LogP contribution is 2.41. The third kappa shape index (κ3) is 3.97. The van der Waals surface area contributed by atoms with E-state index in [4.69, 9.17) is 0 Å². The van der Waals surface area contributed by atoms with Crippen molar-refractivity contribution in [3.05, 3.63) is 143 Å². The van der Waals surface area contributed by atoms with E-state index in [2.05, 4.69) is 22.8 Å².